The summed E-state index contributed by atoms with van der Waals surface area (Å²) in [4.78, 5) is 0. The van der Waals surface area contributed by atoms with Gasteiger partial charge in [-0.1, -0.05) is 18.2 Å². The Hall–Kier alpha value is -1.26. The normalized spacial score (nSPS) is 11.8. The molecule has 0 saturated carbocycles. The molecule has 1 atom stereocenters. The highest BCUT2D eigenvalue weighted by molar-refractivity contribution is 5.35. The summed E-state index contributed by atoms with van der Waals surface area (Å²) in [5.74, 6) is 6.07. The van der Waals surface area contributed by atoms with Crippen LogP contribution in [0.2, 0.25) is 0 Å². The van der Waals surface area contributed by atoms with E-state index in [0.29, 0.717) is 6.04 Å². The van der Waals surface area contributed by atoms with E-state index in [1.165, 1.54) is 16.7 Å². The van der Waals surface area contributed by atoms with Gasteiger partial charge in [0.25, 0.3) is 0 Å². The molecule has 0 aliphatic heterocycles. The van der Waals surface area contributed by atoms with E-state index >= 15 is 0 Å². The summed E-state index contributed by atoms with van der Waals surface area (Å²) in [5, 5.41) is 3.38. The predicted molar refractivity (Wildman–Crippen MR) is 70.4 cm³/mol. The van der Waals surface area contributed by atoms with Gasteiger partial charge in [0.1, 0.15) is 0 Å². The quantitative estimate of drug-likeness (QED) is 0.759. The minimum atomic E-state index is 0.417. The van der Waals surface area contributed by atoms with Gasteiger partial charge in [0.05, 0.1) is 0 Å². The van der Waals surface area contributed by atoms with E-state index in [2.05, 4.69) is 49.2 Å². The lowest BCUT2D eigenvalue weighted by molar-refractivity contribution is 0.555. The van der Waals surface area contributed by atoms with Crippen molar-refractivity contribution in [1.82, 2.24) is 5.32 Å². The molecule has 1 rings (SSSR count). The van der Waals surface area contributed by atoms with E-state index in [4.69, 9.17) is 0 Å². The molecule has 1 nitrogen and oxygen atoms in total. The second-order valence-electron chi connectivity index (χ2n) is 4.10. The van der Waals surface area contributed by atoms with E-state index in [9.17, 15) is 0 Å². The SMILES string of the molecule is CC#CCCC(NC)c1cccc(C)c1C. The van der Waals surface area contributed by atoms with Gasteiger partial charge in [-0.05, 0) is 50.9 Å². The van der Waals surface area contributed by atoms with E-state index in [1.807, 2.05) is 14.0 Å². The molecule has 0 aromatic heterocycles. The molecular weight excluding hydrogens is 194 g/mol. The molecule has 0 radical (unpaired) electrons. The van der Waals surface area contributed by atoms with Gasteiger partial charge in [-0.3, -0.25) is 0 Å². The Bertz CT molecular complexity index is 396. The Morgan fingerprint density at radius 2 is 2.06 bits per heavy atom. The lowest BCUT2D eigenvalue weighted by Crippen LogP contribution is -2.17. The van der Waals surface area contributed by atoms with Crippen LogP contribution >= 0.6 is 0 Å². The number of benzene rings is 1. The largest absolute Gasteiger partial charge is 0.313 e. The maximum absolute atomic E-state index is 3.38. The minimum absolute atomic E-state index is 0.417. The molecule has 0 spiro atoms. The summed E-state index contributed by atoms with van der Waals surface area (Å²) in [6.45, 7) is 6.25. The highest BCUT2D eigenvalue weighted by Gasteiger charge is 2.11. The second kappa shape index (κ2) is 6.35. The zero-order valence-electron chi connectivity index (χ0n) is 10.7. The standard InChI is InChI=1S/C15H21N/c1-5-6-7-11-15(16-4)14-10-8-9-12(2)13(14)3/h8-10,15-16H,7,11H2,1-4H3. The number of nitrogens with one attached hydrogen (secondary N) is 1. The highest BCUT2D eigenvalue weighted by atomic mass is 14.9. The van der Waals surface area contributed by atoms with Crippen LogP contribution in [-0.4, -0.2) is 7.05 Å². The third-order valence-electron chi connectivity index (χ3n) is 3.11. The van der Waals surface area contributed by atoms with Crippen molar-refractivity contribution in [1.29, 1.82) is 0 Å². The Morgan fingerprint density at radius 1 is 1.31 bits per heavy atom. The van der Waals surface area contributed by atoms with E-state index in [1.54, 1.807) is 0 Å². The molecule has 0 amide bonds. The number of hydrogen-bond donors (Lipinski definition) is 1. The van der Waals surface area contributed by atoms with Crippen molar-refractivity contribution in [2.24, 2.45) is 0 Å². The second-order valence-corrected chi connectivity index (χ2v) is 4.10. The van der Waals surface area contributed by atoms with Crippen molar-refractivity contribution < 1.29 is 0 Å². The number of rotatable bonds is 4. The van der Waals surface area contributed by atoms with E-state index < -0.39 is 0 Å². The molecule has 0 saturated heterocycles. The molecular formula is C15H21N. The van der Waals surface area contributed by atoms with Crippen molar-refractivity contribution in [2.45, 2.75) is 39.7 Å². The summed E-state index contributed by atoms with van der Waals surface area (Å²) in [6.07, 6.45) is 2.02. The molecule has 16 heavy (non-hydrogen) atoms. The zero-order valence-corrected chi connectivity index (χ0v) is 10.7. The zero-order chi connectivity index (χ0) is 12.0. The van der Waals surface area contributed by atoms with Gasteiger partial charge in [0.15, 0.2) is 0 Å². The van der Waals surface area contributed by atoms with Crippen molar-refractivity contribution in [3.63, 3.8) is 0 Å². The van der Waals surface area contributed by atoms with E-state index in [0.717, 1.165) is 12.8 Å². The smallest absolute Gasteiger partial charge is 0.0329 e. The molecule has 0 aliphatic rings. The first kappa shape index (κ1) is 12.8. The van der Waals surface area contributed by atoms with Gasteiger partial charge in [0, 0.05) is 12.5 Å². The van der Waals surface area contributed by atoms with Gasteiger partial charge >= 0.3 is 0 Å². The molecule has 0 aliphatic carbocycles. The van der Waals surface area contributed by atoms with Gasteiger partial charge in [-0.2, -0.15) is 0 Å². The summed E-state index contributed by atoms with van der Waals surface area (Å²) in [5.41, 5.74) is 4.16. The van der Waals surface area contributed by atoms with Crippen LogP contribution in [0.15, 0.2) is 18.2 Å². The first-order chi connectivity index (χ1) is 7.70. The molecule has 1 aromatic rings. The van der Waals surface area contributed by atoms with Gasteiger partial charge < -0.3 is 5.32 Å². The van der Waals surface area contributed by atoms with Gasteiger partial charge in [-0.15, -0.1) is 11.8 Å². The van der Waals surface area contributed by atoms with Crippen LogP contribution in [0.5, 0.6) is 0 Å². The Kier molecular flexibility index (Phi) is 5.08. The lowest BCUT2D eigenvalue weighted by Gasteiger charge is -2.19. The number of aryl methyl sites for hydroxylation is 1. The number of hydrogen-bond acceptors (Lipinski definition) is 1. The minimum Gasteiger partial charge on any atom is -0.313 e. The first-order valence-electron chi connectivity index (χ1n) is 5.83. The fourth-order valence-corrected chi connectivity index (χ4v) is 1.95. The molecule has 1 heteroatoms. The van der Waals surface area contributed by atoms with Crippen LogP contribution in [-0.2, 0) is 0 Å². The third kappa shape index (κ3) is 3.12. The van der Waals surface area contributed by atoms with Crippen LogP contribution in [0.3, 0.4) is 0 Å². The monoisotopic (exact) mass is 215 g/mol. The Morgan fingerprint density at radius 3 is 2.69 bits per heavy atom. The fourth-order valence-electron chi connectivity index (χ4n) is 1.95. The van der Waals surface area contributed by atoms with Crippen LogP contribution in [0.4, 0.5) is 0 Å². The summed E-state index contributed by atoms with van der Waals surface area (Å²) in [7, 11) is 2.02. The van der Waals surface area contributed by atoms with Crippen LogP contribution in [0.1, 0.15) is 42.5 Å². The topological polar surface area (TPSA) is 12.0 Å². The van der Waals surface area contributed by atoms with Gasteiger partial charge in [-0.25, -0.2) is 0 Å². The molecule has 1 unspecified atom stereocenters. The summed E-state index contributed by atoms with van der Waals surface area (Å²) in [6, 6.07) is 6.93. The molecule has 0 heterocycles. The molecule has 0 fully saturated rings. The highest BCUT2D eigenvalue weighted by Crippen LogP contribution is 2.23. The van der Waals surface area contributed by atoms with Crippen LogP contribution < -0.4 is 5.32 Å². The van der Waals surface area contributed by atoms with Crippen LogP contribution in [0.25, 0.3) is 0 Å². The van der Waals surface area contributed by atoms with Crippen LogP contribution in [0, 0.1) is 25.7 Å². The average molecular weight is 215 g/mol. The van der Waals surface area contributed by atoms with Crippen molar-refractivity contribution in [3.8, 4) is 11.8 Å². The molecule has 0 bridgehead atoms. The molecule has 1 N–H and O–H groups in total. The lowest BCUT2D eigenvalue weighted by atomic mass is 9.95. The summed E-state index contributed by atoms with van der Waals surface area (Å²) >= 11 is 0. The maximum Gasteiger partial charge on any atom is 0.0329 e. The molecule has 1 aromatic carbocycles. The van der Waals surface area contributed by atoms with Crippen molar-refractivity contribution >= 4 is 0 Å². The average Bonchev–Trinajstić information content (AvgIpc) is 2.29. The Labute approximate surface area is 99.3 Å². The fraction of sp³-hybridized carbons (Fsp3) is 0.467. The van der Waals surface area contributed by atoms with E-state index in [-0.39, 0.29) is 0 Å². The first-order valence-corrected chi connectivity index (χ1v) is 5.83. The van der Waals surface area contributed by atoms with Crippen molar-refractivity contribution in [2.75, 3.05) is 7.05 Å². The summed E-state index contributed by atoms with van der Waals surface area (Å²) < 4.78 is 0. The maximum atomic E-state index is 3.38. The predicted octanol–water partition coefficient (Wildman–Crippen LogP) is 3.37. The third-order valence-corrected chi connectivity index (χ3v) is 3.11. The van der Waals surface area contributed by atoms with Crippen molar-refractivity contribution in [3.05, 3.63) is 34.9 Å². The molecule has 86 valence electrons. The Balaban J connectivity index is 2.85. The van der Waals surface area contributed by atoms with Gasteiger partial charge in [0.2, 0.25) is 0 Å².